The van der Waals surface area contributed by atoms with Crippen LogP contribution in [0.3, 0.4) is 0 Å². The number of para-hydroxylation sites is 2. The van der Waals surface area contributed by atoms with Crippen LogP contribution in [0, 0.1) is 0 Å². The summed E-state index contributed by atoms with van der Waals surface area (Å²) in [6, 6.07) is 20.1. The molecule has 184 valence electrons. The number of hydrogen-bond acceptors (Lipinski definition) is 4. The predicted molar refractivity (Wildman–Crippen MR) is 148 cm³/mol. The summed E-state index contributed by atoms with van der Waals surface area (Å²) in [6.45, 7) is 0.568. The van der Waals surface area contributed by atoms with Crippen LogP contribution in [0.5, 0.6) is 5.75 Å². The van der Waals surface area contributed by atoms with E-state index in [9.17, 15) is 4.79 Å². The smallest absolute Gasteiger partial charge is 0.323 e. The minimum Gasteiger partial charge on any atom is -0.495 e. The Morgan fingerprint density at radius 1 is 1.03 bits per heavy atom. The summed E-state index contributed by atoms with van der Waals surface area (Å²) in [7, 11) is 1.63. The SMILES string of the molecule is COc1ccccc1NC(=O)N1Cc2c(sc3c2CCCC3)-n2cccc2[C@H]1c1ccc(SC)cc1. The van der Waals surface area contributed by atoms with Crippen molar-refractivity contribution in [2.45, 2.75) is 43.2 Å². The Balaban J connectivity index is 1.49. The van der Waals surface area contributed by atoms with Crippen molar-refractivity contribution in [2.24, 2.45) is 0 Å². The molecule has 5 nitrogen and oxygen atoms in total. The van der Waals surface area contributed by atoms with Gasteiger partial charge in [0.15, 0.2) is 0 Å². The molecule has 0 fully saturated rings. The molecule has 1 aliphatic heterocycles. The quantitative estimate of drug-likeness (QED) is 0.290. The minimum absolute atomic E-state index is 0.130. The Morgan fingerprint density at radius 2 is 1.83 bits per heavy atom. The van der Waals surface area contributed by atoms with E-state index in [1.807, 2.05) is 40.5 Å². The zero-order chi connectivity index (χ0) is 24.6. The Hall–Kier alpha value is -3.16. The lowest BCUT2D eigenvalue weighted by Gasteiger charge is -2.31. The van der Waals surface area contributed by atoms with Gasteiger partial charge in [-0.15, -0.1) is 23.1 Å². The van der Waals surface area contributed by atoms with Crippen LogP contribution in [0.1, 0.15) is 46.1 Å². The number of carbonyl (C=O) groups excluding carboxylic acids is 1. The van der Waals surface area contributed by atoms with Crippen LogP contribution in [-0.2, 0) is 19.4 Å². The summed E-state index contributed by atoms with van der Waals surface area (Å²) >= 11 is 3.63. The number of hydrogen-bond donors (Lipinski definition) is 1. The number of benzene rings is 2. The highest BCUT2D eigenvalue weighted by Crippen LogP contribution is 2.44. The molecule has 6 rings (SSSR count). The van der Waals surface area contributed by atoms with Gasteiger partial charge in [0.1, 0.15) is 10.8 Å². The lowest BCUT2D eigenvalue weighted by Crippen LogP contribution is -2.38. The van der Waals surface area contributed by atoms with Crippen LogP contribution in [0.15, 0.2) is 71.8 Å². The molecule has 1 atom stereocenters. The summed E-state index contributed by atoms with van der Waals surface area (Å²) in [5, 5.41) is 4.42. The standard InChI is InChI=1S/C29H29N3O2S2/c1-34-25-11-5-4-9-23(25)30-29(33)32-18-22-21-8-3-6-12-26(21)36-28(22)31-17-7-10-24(31)27(32)19-13-15-20(35-2)16-14-19/h4-5,7,9-11,13-17,27H,3,6,8,12,18H2,1-2H3,(H,30,33)/t27-/m1/s1. The highest BCUT2D eigenvalue weighted by atomic mass is 32.2. The molecule has 2 amide bonds. The van der Waals surface area contributed by atoms with Crippen molar-refractivity contribution in [2.75, 3.05) is 18.7 Å². The van der Waals surface area contributed by atoms with Crippen LogP contribution >= 0.6 is 23.1 Å². The molecule has 0 radical (unpaired) electrons. The monoisotopic (exact) mass is 515 g/mol. The molecule has 36 heavy (non-hydrogen) atoms. The van der Waals surface area contributed by atoms with Crippen LogP contribution in [0.25, 0.3) is 5.00 Å². The molecule has 1 aliphatic carbocycles. The average Bonchev–Trinajstić information content (AvgIpc) is 3.51. The van der Waals surface area contributed by atoms with Gasteiger partial charge in [-0.2, -0.15) is 0 Å². The number of ether oxygens (including phenoxy) is 1. The molecule has 0 saturated heterocycles. The normalized spacial score (nSPS) is 16.5. The molecular weight excluding hydrogens is 486 g/mol. The summed E-state index contributed by atoms with van der Waals surface area (Å²) in [5.41, 5.74) is 5.64. The third-order valence-corrected chi connectivity index (χ3v) is 9.30. The highest BCUT2D eigenvalue weighted by Gasteiger charge is 2.36. The Morgan fingerprint density at radius 3 is 2.64 bits per heavy atom. The second-order valence-electron chi connectivity index (χ2n) is 9.23. The van der Waals surface area contributed by atoms with E-state index < -0.39 is 0 Å². The van der Waals surface area contributed by atoms with Gasteiger partial charge in [0.2, 0.25) is 0 Å². The number of rotatable bonds is 4. The van der Waals surface area contributed by atoms with Gasteiger partial charge in [0.25, 0.3) is 0 Å². The first kappa shape index (κ1) is 23.3. The fourth-order valence-electron chi connectivity index (χ4n) is 5.46. The van der Waals surface area contributed by atoms with E-state index in [-0.39, 0.29) is 12.1 Å². The summed E-state index contributed by atoms with van der Waals surface area (Å²) < 4.78 is 7.84. The second kappa shape index (κ2) is 9.71. The van der Waals surface area contributed by atoms with Crippen LogP contribution < -0.4 is 10.1 Å². The van der Waals surface area contributed by atoms with Crippen molar-refractivity contribution in [3.63, 3.8) is 0 Å². The molecular formula is C29H29N3O2S2. The first-order valence-corrected chi connectivity index (χ1v) is 14.4. The molecule has 1 N–H and O–H groups in total. The molecule has 7 heteroatoms. The van der Waals surface area contributed by atoms with E-state index in [4.69, 9.17) is 4.74 Å². The highest BCUT2D eigenvalue weighted by molar-refractivity contribution is 7.98. The van der Waals surface area contributed by atoms with Crippen molar-refractivity contribution in [3.8, 4) is 10.8 Å². The average molecular weight is 516 g/mol. The van der Waals surface area contributed by atoms with Gasteiger partial charge in [0, 0.05) is 21.5 Å². The first-order valence-electron chi connectivity index (χ1n) is 12.3. The topological polar surface area (TPSA) is 46.5 Å². The Kier molecular flexibility index (Phi) is 6.27. The fraction of sp³-hybridized carbons (Fsp3) is 0.276. The number of fused-ring (bicyclic) bond motifs is 5. The third kappa shape index (κ3) is 4.00. The molecule has 4 aromatic rings. The van der Waals surface area contributed by atoms with Crippen molar-refractivity contribution in [1.29, 1.82) is 0 Å². The van der Waals surface area contributed by atoms with Gasteiger partial charge in [-0.3, -0.25) is 0 Å². The molecule has 0 bridgehead atoms. The molecule has 2 aromatic heterocycles. The number of nitrogens with zero attached hydrogens (tertiary/aromatic N) is 2. The Bertz CT molecular complexity index is 1410. The lowest BCUT2D eigenvalue weighted by atomic mass is 9.95. The van der Waals surface area contributed by atoms with Crippen LogP contribution in [0.2, 0.25) is 0 Å². The number of methoxy groups -OCH3 is 1. The maximum absolute atomic E-state index is 14.1. The molecule has 3 heterocycles. The molecule has 2 aliphatic rings. The number of nitrogens with one attached hydrogen (secondary N) is 1. The zero-order valence-corrected chi connectivity index (χ0v) is 22.1. The van der Waals surface area contributed by atoms with Crippen molar-refractivity contribution < 1.29 is 9.53 Å². The number of aromatic nitrogens is 1. The zero-order valence-electron chi connectivity index (χ0n) is 20.5. The number of aryl methyl sites for hydroxylation is 1. The van der Waals surface area contributed by atoms with Crippen LogP contribution in [0.4, 0.5) is 10.5 Å². The van der Waals surface area contributed by atoms with Gasteiger partial charge in [-0.1, -0.05) is 24.3 Å². The molecule has 0 saturated carbocycles. The summed E-state index contributed by atoms with van der Waals surface area (Å²) in [6.07, 6.45) is 8.92. The lowest BCUT2D eigenvalue weighted by molar-refractivity contribution is 0.194. The number of anilines is 1. The van der Waals surface area contributed by atoms with E-state index in [1.54, 1.807) is 18.9 Å². The summed E-state index contributed by atoms with van der Waals surface area (Å²) in [4.78, 5) is 18.8. The maximum Gasteiger partial charge on any atom is 0.323 e. The van der Waals surface area contributed by atoms with Crippen molar-refractivity contribution >= 4 is 34.8 Å². The molecule has 2 aromatic carbocycles. The maximum atomic E-state index is 14.1. The van der Waals surface area contributed by atoms with E-state index in [0.717, 1.165) is 24.1 Å². The summed E-state index contributed by atoms with van der Waals surface area (Å²) in [5.74, 6) is 0.651. The van der Waals surface area contributed by atoms with Gasteiger partial charge >= 0.3 is 6.03 Å². The van der Waals surface area contributed by atoms with Crippen molar-refractivity contribution in [1.82, 2.24) is 9.47 Å². The van der Waals surface area contributed by atoms with Gasteiger partial charge < -0.3 is 19.5 Å². The molecule has 0 spiro atoms. The number of thioether (sulfide) groups is 1. The minimum atomic E-state index is -0.218. The van der Waals surface area contributed by atoms with Gasteiger partial charge in [0.05, 0.1) is 31.1 Å². The number of amides is 2. The van der Waals surface area contributed by atoms with E-state index >= 15 is 0 Å². The first-order chi connectivity index (χ1) is 17.7. The van der Waals surface area contributed by atoms with Crippen LogP contribution in [-0.4, -0.2) is 28.9 Å². The van der Waals surface area contributed by atoms with E-state index in [1.165, 1.54) is 38.7 Å². The molecule has 0 unspecified atom stereocenters. The van der Waals surface area contributed by atoms with E-state index in [2.05, 4.69) is 58.7 Å². The largest absolute Gasteiger partial charge is 0.495 e. The Labute approximate surface area is 220 Å². The predicted octanol–water partition coefficient (Wildman–Crippen LogP) is 7.29. The van der Waals surface area contributed by atoms with Crippen molar-refractivity contribution in [3.05, 3.63) is 94.1 Å². The van der Waals surface area contributed by atoms with E-state index in [0.29, 0.717) is 18.0 Å². The number of urea groups is 1. The number of thiophene rings is 1. The third-order valence-electron chi connectivity index (χ3n) is 7.22. The van der Waals surface area contributed by atoms with Gasteiger partial charge in [-0.25, -0.2) is 4.79 Å². The second-order valence-corrected chi connectivity index (χ2v) is 11.2. The van der Waals surface area contributed by atoms with Gasteiger partial charge in [-0.05, 0) is 79.5 Å². The fourth-order valence-corrected chi connectivity index (χ4v) is 7.27. The number of carbonyl (C=O) groups is 1.